The summed E-state index contributed by atoms with van der Waals surface area (Å²) in [6.45, 7) is 8.53. The normalized spacial score (nSPS) is 18.9. The molecule has 4 rings (SSSR count). The van der Waals surface area contributed by atoms with Crippen LogP contribution in [0.25, 0.3) is 0 Å². The summed E-state index contributed by atoms with van der Waals surface area (Å²) < 4.78 is 26.5. The molecule has 2 aliphatic rings. The Morgan fingerprint density at radius 1 is 1.03 bits per heavy atom. The van der Waals surface area contributed by atoms with E-state index in [1.807, 2.05) is 31.2 Å². The maximum Gasteiger partial charge on any atom is 0.286 e. The van der Waals surface area contributed by atoms with Gasteiger partial charge in [0, 0.05) is 38.4 Å². The minimum absolute atomic E-state index is 0.00950. The van der Waals surface area contributed by atoms with Crippen molar-refractivity contribution in [3.63, 3.8) is 0 Å². The van der Waals surface area contributed by atoms with Crippen LogP contribution in [0.3, 0.4) is 0 Å². The summed E-state index contributed by atoms with van der Waals surface area (Å²) in [6, 6.07) is 10.9. The Balaban J connectivity index is 1.73. The molecule has 8 nitrogen and oxygen atoms in total. The molecule has 0 spiro atoms. The van der Waals surface area contributed by atoms with Gasteiger partial charge in [0.1, 0.15) is 4.90 Å². The molecule has 1 saturated heterocycles. The van der Waals surface area contributed by atoms with Gasteiger partial charge < -0.3 is 4.90 Å². The fraction of sp³-hybridized carbons (Fsp3) is 0.381. The molecule has 1 aromatic carbocycles. The number of piperazine rings is 1. The van der Waals surface area contributed by atoms with Crippen molar-refractivity contribution in [3.8, 4) is 0 Å². The van der Waals surface area contributed by atoms with Crippen LogP contribution < -0.4 is 5.01 Å². The van der Waals surface area contributed by atoms with E-state index in [0.29, 0.717) is 37.9 Å². The van der Waals surface area contributed by atoms with Gasteiger partial charge in [-0.05, 0) is 45.0 Å². The van der Waals surface area contributed by atoms with Gasteiger partial charge in [-0.1, -0.05) is 17.7 Å². The molecule has 0 N–H and O–H groups in total. The average Bonchev–Trinajstić information content (AvgIpc) is 2.74. The lowest BCUT2D eigenvalue weighted by atomic mass is 10.2. The van der Waals surface area contributed by atoms with E-state index in [9.17, 15) is 13.2 Å². The van der Waals surface area contributed by atoms with Gasteiger partial charge in [-0.2, -0.15) is 0 Å². The number of anilines is 2. The van der Waals surface area contributed by atoms with E-state index >= 15 is 0 Å². The van der Waals surface area contributed by atoms with Crippen LogP contribution >= 0.6 is 0 Å². The Bertz CT molecular complexity index is 1090. The summed E-state index contributed by atoms with van der Waals surface area (Å²) in [5, 5.41) is 5.28. The van der Waals surface area contributed by atoms with Gasteiger partial charge in [0.05, 0.1) is 5.69 Å². The lowest BCUT2D eigenvalue weighted by Crippen LogP contribution is -2.53. The number of benzene rings is 1. The molecule has 0 unspecified atom stereocenters. The molecule has 2 aliphatic heterocycles. The van der Waals surface area contributed by atoms with Crippen LogP contribution in [0.1, 0.15) is 19.4 Å². The van der Waals surface area contributed by atoms with E-state index in [2.05, 4.69) is 28.8 Å². The molecule has 30 heavy (non-hydrogen) atoms. The molecule has 0 atom stereocenters. The van der Waals surface area contributed by atoms with E-state index in [1.165, 1.54) is 17.3 Å². The molecule has 9 heteroatoms. The topological polar surface area (TPSA) is 86.2 Å². The second kappa shape index (κ2) is 7.81. The van der Waals surface area contributed by atoms with Crippen LogP contribution in [0.4, 0.5) is 11.5 Å². The Morgan fingerprint density at radius 3 is 2.33 bits per heavy atom. The maximum atomic E-state index is 13.2. The van der Waals surface area contributed by atoms with Crippen molar-refractivity contribution >= 4 is 32.3 Å². The summed E-state index contributed by atoms with van der Waals surface area (Å²) in [4.78, 5) is 21.3. The zero-order chi connectivity index (χ0) is 21.5. The molecule has 0 bridgehead atoms. The van der Waals surface area contributed by atoms with E-state index in [0.717, 1.165) is 5.56 Å². The number of hydrogen-bond acceptors (Lipinski definition) is 7. The van der Waals surface area contributed by atoms with E-state index < -0.39 is 20.8 Å². The quantitative estimate of drug-likeness (QED) is 0.746. The molecule has 1 amide bonds. The van der Waals surface area contributed by atoms with E-state index in [4.69, 9.17) is 0 Å². The second-order valence-electron chi connectivity index (χ2n) is 7.80. The minimum atomic E-state index is -4.07. The van der Waals surface area contributed by atoms with Crippen molar-refractivity contribution in [2.75, 3.05) is 31.2 Å². The third kappa shape index (κ3) is 3.59. The van der Waals surface area contributed by atoms with Gasteiger partial charge in [-0.3, -0.25) is 9.69 Å². The van der Waals surface area contributed by atoms with Crippen LogP contribution in [-0.2, 0) is 14.6 Å². The van der Waals surface area contributed by atoms with Crippen molar-refractivity contribution in [3.05, 3.63) is 48.2 Å². The molecule has 1 aromatic heterocycles. The first-order valence-electron chi connectivity index (χ1n) is 9.98. The Labute approximate surface area is 176 Å². The number of aromatic nitrogens is 1. The molecular formula is C21H25N5O3S. The number of pyridine rings is 1. The van der Waals surface area contributed by atoms with Crippen LogP contribution in [0.15, 0.2) is 52.6 Å². The van der Waals surface area contributed by atoms with Crippen molar-refractivity contribution in [2.24, 2.45) is 5.10 Å². The zero-order valence-electron chi connectivity index (χ0n) is 17.3. The van der Waals surface area contributed by atoms with Crippen molar-refractivity contribution < 1.29 is 13.2 Å². The number of rotatable bonds is 3. The number of amides is 1. The maximum absolute atomic E-state index is 13.2. The van der Waals surface area contributed by atoms with Crippen LogP contribution in [0, 0.1) is 6.92 Å². The van der Waals surface area contributed by atoms with Gasteiger partial charge in [0.2, 0.25) is 14.9 Å². The van der Waals surface area contributed by atoms with E-state index in [-0.39, 0.29) is 10.7 Å². The fourth-order valence-electron chi connectivity index (χ4n) is 3.65. The number of hydrazone groups is 1. The zero-order valence-corrected chi connectivity index (χ0v) is 18.1. The molecule has 158 valence electrons. The fourth-order valence-corrected chi connectivity index (χ4v) is 5.04. The largest absolute Gasteiger partial charge is 0.334 e. The highest BCUT2D eigenvalue weighted by atomic mass is 32.2. The van der Waals surface area contributed by atoms with Crippen molar-refractivity contribution in [1.29, 1.82) is 0 Å². The number of carbonyl (C=O) groups is 1. The first-order valence-corrected chi connectivity index (χ1v) is 11.5. The van der Waals surface area contributed by atoms with Gasteiger partial charge in [0.25, 0.3) is 5.91 Å². The highest BCUT2D eigenvalue weighted by Crippen LogP contribution is 2.35. The van der Waals surface area contributed by atoms with Crippen molar-refractivity contribution in [2.45, 2.75) is 31.7 Å². The summed E-state index contributed by atoms with van der Waals surface area (Å²) in [5.41, 5.74) is 1.71. The molecule has 3 heterocycles. The number of sulfone groups is 1. The van der Waals surface area contributed by atoms with Gasteiger partial charge in [-0.25, -0.2) is 18.4 Å². The second-order valence-corrected chi connectivity index (χ2v) is 9.64. The highest BCUT2D eigenvalue weighted by Gasteiger charge is 2.41. The van der Waals surface area contributed by atoms with Gasteiger partial charge in [0.15, 0.2) is 5.82 Å². The van der Waals surface area contributed by atoms with Crippen LogP contribution in [-0.4, -0.2) is 66.4 Å². The van der Waals surface area contributed by atoms with Crippen molar-refractivity contribution in [1.82, 2.24) is 14.8 Å². The first-order chi connectivity index (χ1) is 14.3. The van der Waals surface area contributed by atoms with Gasteiger partial charge >= 0.3 is 0 Å². The minimum Gasteiger partial charge on any atom is -0.334 e. The lowest BCUT2D eigenvalue weighted by Gasteiger charge is -2.37. The summed E-state index contributed by atoms with van der Waals surface area (Å²) in [7, 11) is -4.07. The SMILES string of the molecule is Cc1ccc(N2N=C(C(=O)N3CCN(C(C)C)CC3)S(=O)(=O)c3cccnc32)cc1. The Kier molecular flexibility index (Phi) is 5.33. The number of nitrogens with zero attached hydrogens (tertiary/aromatic N) is 5. The van der Waals surface area contributed by atoms with Gasteiger partial charge in [-0.15, -0.1) is 5.10 Å². The molecular weight excluding hydrogens is 402 g/mol. The molecule has 0 saturated carbocycles. The number of aryl methyl sites for hydroxylation is 1. The summed E-state index contributed by atoms with van der Waals surface area (Å²) in [5.74, 6) is -0.368. The predicted octanol–water partition coefficient (Wildman–Crippen LogP) is 2.18. The monoisotopic (exact) mass is 427 g/mol. The third-order valence-corrected chi connectivity index (χ3v) is 7.14. The molecule has 2 aromatic rings. The summed E-state index contributed by atoms with van der Waals surface area (Å²) in [6.07, 6.45) is 1.52. The molecule has 0 radical (unpaired) electrons. The third-order valence-electron chi connectivity index (χ3n) is 5.48. The Hall–Kier alpha value is -2.78. The smallest absolute Gasteiger partial charge is 0.286 e. The van der Waals surface area contributed by atoms with Crippen LogP contribution in [0.2, 0.25) is 0 Å². The average molecular weight is 428 g/mol. The molecule has 0 aliphatic carbocycles. The predicted molar refractivity (Wildman–Crippen MR) is 115 cm³/mol. The number of hydrogen-bond donors (Lipinski definition) is 0. The highest BCUT2D eigenvalue weighted by molar-refractivity contribution is 8.08. The summed E-state index contributed by atoms with van der Waals surface area (Å²) >= 11 is 0. The number of fused-ring (bicyclic) bond motifs is 1. The van der Waals surface area contributed by atoms with Crippen LogP contribution in [0.5, 0.6) is 0 Å². The first kappa shape index (κ1) is 20.5. The molecule has 1 fully saturated rings. The standard InChI is InChI=1S/C21H25N5O3S/c1-15(2)24-11-13-25(14-12-24)21(27)20-23-26(17-8-6-16(3)7-9-17)19-18(30(20,28)29)5-4-10-22-19/h4-10,15H,11-14H2,1-3H3. The lowest BCUT2D eigenvalue weighted by molar-refractivity contribution is -0.125. The Morgan fingerprint density at radius 2 is 1.70 bits per heavy atom. The van der Waals surface area contributed by atoms with E-state index in [1.54, 1.807) is 11.0 Å². The number of carbonyl (C=O) groups excluding carboxylic acids is 1.